The highest BCUT2D eigenvalue weighted by molar-refractivity contribution is 5.81. The number of aromatic nitrogens is 1. The summed E-state index contributed by atoms with van der Waals surface area (Å²) in [6, 6.07) is 13.8. The van der Waals surface area contributed by atoms with Gasteiger partial charge in [0.25, 0.3) is 0 Å². The van der Waals surface area contributed by atoms with Crippen LogP contribution in [0.4, 0.5) is 0 Å². The second-order valence-electron chi connectivity index (χ2n) is 4.15. The monoisotopic (exact) mass is 268 g/mol. The van der Waals surface area contributed by atoms with Gasteiger partial charge >= 0.3 is 5.97 Å². The summed E-state index contributed by atoms with van der Waals surface area (Å²) in [5.41, 5.74) is 2.17. The predicted octanol–water partition coefficient (Wildman–Crippen LogP) is 2.45. The Kier molecular flexibility index (Phi) is 4.89. The van der Waals surface area contributed by atoms with Gasteiger partial charge < -0.3 is 10.1 Å². The minimum absolute atomic E-state index is 0.0416. The molecule has 0 bridgehead atoms. The molecule has 0 saturated carbocycles. The Hall–Kier alpha value is -2.62. The first-order valence-electron chi connectivity index (χ1n) is 6.26. The Morgan fingerprint density at radius 2 is 1.80 bits per heavy atom. The van der Waals surface area contributed by atoms with Crippen molar-refractivity contribution in [3.8, 4) is 0 Å². The van der Waals surface area contributed by atoms with Crippen molar-refractivity contribution < 1.29 is 9.53 Å². The van der Waals surface area contributed by atoms with Crippen LogP contribution in [0.5, 0.6) is 0 Å². The number of hydrogen-bond acceptors (Lipinski definition) is 4. The van der Waals surface area contributed by atoms with Crippen LogP contribution in [0.25, 0.3) is 0 Å². The van der Waals surface area contributed by atoms with Crippen molar-refractivity contribution in [3.63, 3.8) is 0 Å². The number of esters is 1. The van der Waals surface area contributed by atoms with Gasteiger partial charge in [-0.1, -0.05) is 30.3 Å². The van der Waals surface area contributed by atoms with Gasteiger partial charge in [0.15, 0.2) is 0 Å². The molecule has 0 radical (unpaired) electrons. The lowest BCUT2D eigenvalue weighted by Crippen LogP contribution is -2.17. The van der Waals surface area contributed by atoms with Crippen molar-refractivity contribution in [3.05, 3.63) is 78.3 Å². The zero-order valence-corrected chi connectivity index (χ0v) is 11.2. The maximum atomic E-state index is 11.1. The quantitative estimate of drug-likeness (QED) is 0.668. The van der Waals surface area contributed by atoms with Gasteiger partial charge in [-0.25, -0.2) is 4.79 Å². The summed E-state index contributed by atoms with van der Waals surface area (Å²) in [5.74, 6) is -0.390. The smallest absolute Gasteiger partial charge is 0.331 e. The number of benzene rings is 1. The third-order valence-corrected chi connectivity index (χ3v) is 2.86. The van der Waals surface area contributed by atoms with E-state index in [1.807, 2.05) is 42.5 Å². The van der Waals surface area contributed by atoms with Crippen molar-refractivity contribution in [2.75, 3.05) is 7.11 Å². The number of methoxy groups -OCH3 is 1. The molecular formula is C16H16N2O2. The summed E-state index contributed by atoms with van der Waals surface area (Å²) in [6.45, 7) is 0. The van der Waals surface area contributed by atoms with Gasteiger partial charge in [-0.05, 0) is 23.3 Å². The fraction of sp³-hybridized carbons (Fsp3) is 0.125. The van der Waals surface area contributed by atoms with Crippen LogP contribution in [0.15, 0.2) is 67.1 Å². The van der Waals surface area contributed by atoms with Crippen molar-refractivity contribution >= 4 is 5.97 Å². The Morgan fingerprint density at radius 3 is 2.45 bits per heavy atom. The minimum Gasteiger partial charge on any atom is -0.466 e. The maximum Gasteiger partial charge on any atom is 0.331 e. The highest BCUT2D eigenvalue weighted by atomic mass is 16.5. The molecule has 102 valence electrons. The highest BCUT2D eigenvalue weighted by Crippen LogP contribution is 2.21. The molecule has 0 amide bonds. The van der Waals surface area contributed by atoms with Crippen LogP contribution >= 0.6 is 0 Å². The molecule has 1 atom stereocenters. The number of ether oxygens (including phenoxy) is 1. The SMILES string of the molecule is COC(=O)/C=C/NC(c1ccccc1)c1ccncc1. The number of carbonyl (C=O) groups excluding carboxylic acids is 1. The lowest BCUT2D eigenvalue weighted by atomic mass is 10.00. The number of nitrogens with one attached hydrogen (secondary N) is 1. The lowest BCUT2D eigenvalue weighted by molar-refractivity contribution is -0.134. The maximum absolute atomic E-state index is 11.1. The molecule has 20 heavy (non-hydrogen) atoms. The van der Waals surface area contributed by atoms with E-state index in [1.54, 1.807) is 18.6 Å². The molecule has 4 heteroatoms. The number of pyridine rings is 1. The molecule has 1 heterocycles. The third kappa shape index (κ3) is 3.68. The van der Waals surface area contributed by atoms with Gasteiger partial charge in [-0.15, -0.1) is 0 Å². The highest BCUT2D eigenvalue weighted by Gasteiger charge is 2.11. The molecule has 0 fully saturated rings. The Balaban J connectivity index is 2.22. The fourth-order valence-corrected chi connectivity index (χ4v) is 1.87. The summed E-state index contributed by atoms with van der Waals surface area (Å²) in [6.07, 6.45) is 6.45. The number of rotatable bonds is 5. The van der Waals surface area contributed by atoms with E-state index in [0.29, 0.717) is 0 Å². The Labute approximate surface area is 118 Å². The molecule has 1 aromatic carbocycles. The van der Waals surface area contributed by atoms with Crippen molar-refractivity contribution in [2.24, 2.45) is 0 Å². The fourth-order valence-electron chi connectivity index (χ4n) is 1.87. The largest absolute Gasteiger partial charge is 0.466 e. The zero-order valence-electron chi connectivity index (χ0n) is 11.2. The molecule has 1 aromatic heterocycles. The lowest BCUT2D eigenvalue weighted by Gasteiger charge is -2.18. The molecule has 0 saturated heterocycles. The van der Waals surface area contributed by atoms with Crippen molar-refractivity contribution in [1.29, 1.82) is 0 Å². The molecule has 4 nitrogen and oxygen atoms in total. The minimum atomic E-state index is -0.390. The number of carbonyl (C=O) groups is 1. The normalized spacial score (nSPS) is 12.1. The molecule has 0 aliphatic heterocycles. The van der Waals surface area contributed by atoms with Gasteiger partial charge in [0.1, 0.15) is 0 Å². The van der Waals surface area contributed by atoms with Crippen LogP contribution in [0.2, 0.25) is 0 Å². The van der Waals surface area contributed by atoms with Gasteiger partial charge in [0, 0.05) is 24.7 Å². The molecular weight excluding hydrogens is 252 g/mol. The van der Waals surface area contributed by atoms with Crippen LogP contribution in [-0.2, 0) is 9.53 Å². The van der Waals surface area contributed by atoms with Gasteiger partial charge in [0.2, 0.25) is 0 Å². The van der Waals surface area contributed by atoms with Crippen LogP contribution in [0.3, 0.4) is 0 Å². The average Bonchev–Trinajstić information content (AvgIpc) is 2.53. The molecule has 2 rings (SSSR count). The molecule has 1 unspecified atom stereocenters. The van der Waals surface area contributed by atoms with Crippen LogP contribution in [0, 0.1) is 0 Å². The van der Waals surface area contributed by atoms with Gasteiger partial charge in [-0.2, -0.15) is 0 Å². The first-order valence-corrected chi connectivity index (χ1v) is 6.26. The van der Waals surface area contributed by atoms with E-state index in [1.165, 1.54) is 13.2 Å². The third-order valence-electron chi connectivity index (χ3n) is 2.86. The molecule has 0 spiro atoms. The van der Waals surface area contributed by atoms with Gasteiger partial charge in [-0.3, -0.25) is 4.98 Å². The van der Waals surface area contributed by atoms with E-state index in [0.717, 1.165) is 11.1 Å². The summed E-state index contributed by atoms with van der Waals surface area (Å²) in [7, 11) is 1.35. The van der Waals surface area contributed by atoms with Crippen LogP contribution in [0.1, 0.15) is 17.2 Å². The second kappa shape index (κ2) is 7.09. The molecule has 0 aliphatic rings. The Morgan fingerprint density at radius 1 is 1.15 bits per heavy atom. The average molecular weight is 268 g/mol. The summed E-state index contributed by atoms with van der Waals surface area (Å²) in [5, 5.41) is 3.21. The van der Waals surface area contributed by atoms with E-state index < -0.39 is 0 Å². The standard InChI is InChI=1S/C16H16N2O2/c1-20-15(19)9-12-18-16(13-5-3-2-4-6-13)14-7-10-17-11-8-14/h2-12,16,18H,1H3/b12-9+. The van der Waals surface area contributed by atoms with Crippen LogP contribution < -0.4 is 5.32 Å². The molecule has 0 aliphatic carbocycles. The van der Waals surface area contributed by atoms with Gasteiger partial charge in [0.05, 0.1) is 13.2 Å². The summed E-state index contributed by atoms with van der Waals surface area (Å²) < 4.78 is 4.57. The van der Waals surface area contributed by atoms with Crippen LogP contribution in [-0.4, -0.2) is 18.1 Å². The topological polar surface area (TPSA) is 51.2 Å². The first-order chi connectivity index (χ1) is 9.81. The van der Waals surface area contributed by atoms with E-state index in [4.69, 9.17) is 0 Å². The molecule has 1 N–H and O–H groups in total. The predicted molar refractivity (Wildman–Crippen MR) is 76.8 cm³/mol. The van der Waals surface area contributed by atoms with Crippen molar-refractivity contribution in [2.45, 2.75) is 6.04 Å². The van der Waals surface area contributed by atoms with Crippen molar-refractivity contribution in [1.82, 2.24) is 10.3 Å². The summed E-state index contributed by atoms with van der Waals surface area (Å²) in [4.78, 5) is 15.1. The number of hydrogen-bond donors (Lipinski definition) is 1. The van der Waals surface area contributed by atoms with E-state index in [-0.39, 0.29) is 12.0 Å². The Bertz CT molecular complexity index is 528. The first kappa shape index (κ1) is 13.8. The summed E-state index contributed by atoms with van der Waals surface area (Å²) >= 11 is 0. The molecule has 2 aromatic rings. The second-order valence-corrected chi connectivity index (χ2v) is 4.15. The zero-order chi connectivity index (χ0) is 14.2. The van der Waals surface area contributed by atoms with E-state index in [9.17, 15) is 4.79 Å². The van der Waals surface area contributed by atoms with E-state index in [2.05, 4.69) is 15.0 Å². The van der Waals surface area contributed by atoms with E-state index >= 15 is 0 Å². The number of nitrogens with zero attached hydrogens (tertiary/aromatic N) is 1.